The molecule has 3 heteroatoms. The molecule has 2 nitrogen and oxygen atoms in total. The number of aliphatic hydroxyl groups is 2. The van der Waals surface area contributed by atoms with E-state index in [-0.39, 0.29) is 6.10 Å². The summed E-state index contributed by atoms with van der Waals surface area (Å²) in [7, 11) is 0. The summed E-state index contributed by atoms with van der Waals surface area (Å²) < 4.78 is 0. The summed E-state index contributed by atoms with van der Waals surface area (Å²) in [6, 6.07) is 0. The van der Waals surface area contributed by atoms with E-state index in [4.69, 9.17) is 5.11 Å². The van der Waals surface area contributed by atoms with Crippen LogP contribution in [0.5, 0.6) is 0 Å². The number of unbranched alkanes of at least 4 members (excludes halogenated alkanes) is 3. The van der Waals surface area contributed by atoms with E-state index in [0.29, 0.717) is 12.5 Å². The Morgan fingerprint density at radius 3 is 2.46 bits per heavy atom. The molecule has 0 spiro atoms. The van der Waals surface area contributed by atoms with E-state index < -0.39 is 0 Å². The molecule has 1 aliphatic rings. The summed E-state index contributed by atoms with van der Waals surface area (Å²) in [4.78, 5) is 0. The summed E-state index contributed by atoms with van der Waals surface area (Å²) >= 11 is 1.87. The van der Waals surface area contributed by atoms with Crippen molar-refractivity contribution in [3.05, 3.63) is 0 Å². The van der Waals surface area contributed by atoms with Gasteiger partial charge < -0.3 is 10.2 Å². The molecule has 0 aliphatic carbocycles. The zero-order chi connectivity index (χ0) is 9.52. The van der Waals surface area contributed by atoms with E-state index in [0.717, 1.165) is 24.3 Å². The first kappa shape index (κ1) is 11.3. The molecule has 0 amide bonds. The minimum Gasteiger partial charge on any atom is -0.396 e. The Labute approximate surface area is 84.7 Å². The van der Waals surface area contributed by atoms with Crippen molar-refractivity contribution in [1.29, 1.82) is 0 Å². The molecule has 2 unspecified atom stereocenters. The minimum atomic E-state index is -0.0529. The molecule has 1 heterocycles. The zero-order valence-electron chi connectivity index (χ0n) is 8.11. The van der Waals surface area contributed by atoms with Gasteiger partial charge in [0, 0.05) is 12.4 Å². The minimum absolute atomic E-state index is 0.0529. The molecule has 0 aromatic heterocycles. The maximum atomic E-state index is 9.53. The van der Waals surface area contributed by atoms with Crippen LogP contribution in [0.3, 0.4) is 0 Å². The van der Waals surface area contributed by atoms with Crippen LogP contribution in [0.2, 0.25) is 0 Å². The number of thioether (sulfide) groups is 1. The topological polar surface area (TPSA) is 40.5 Å². The Morgan fingerprint density at radius 2 is 1.85 bits per heavy atom. The molecule has 0 bridgehead atoms. The van der Waals surface area contributed by atoms with Gasteiger partial charge in [-0.1, -0.05) is 19.3 Å². The van der Waals surface area contributed by atoms with Gasteiger partial charge in [-0.25, -0.2) is 0 Å². The van der Waals surface area contributed by atoms with E-state index in [2.05, 4.69) is 0 Å². The van der Waals surface area contributed by atoms with Crippen molar-refractivity contribution in [2.75, 3.05) is 18.1 Å². The van der Waals surface area contributed by atoms with Gasteiger partial charge in [0.05, 0.1) is 6.10 Å². The van der Waals surface area contributed by atoms with Crippen molar-refractivity contribution in [2.24, 2.45) is 5.92 Å². The van der Waals surface area contributed by atoms with Gasteiger partial charge in [0.25, 0.3) is 0 Å². The molecule has 78 valence electrons. The molecule has 1 saturated heterocycles. The van der Waals surface area contributed by atoms with Gasteiger partial charge >= 0.3 is 0 Å². The lowest BCUT2D eigenvalue weighted by Gasteiger charge is -2.12. The fourth-order valence-electron chi connectivity index (χ4n) is 1.73. The van der Waals surface area contributed by atoms with Crippen LogP contribution in [0.15, 0.2) is 0 Å². The third kappa shape index (κ3) is 4.34. The lowest BCUT2D eigenvalue weighted by molar-refractivity contribution is 0.143. The Bertz CT molecular complexity index is 130. The molecule has 1 fully saturated rings. The maximum absolute atomic E-state index is 9.53. The van der Waals surface area contributed by atoms with Gasteiger partial charge in [-0.15, -0.1) is 0 Å². The van der Waals surface area contributed by atoms with Gasteiger partial charge in [-0.3, -0.25) is 0 Å². The maximum Gasteiger partial charge on any atom is 0.0666 e. The first-order valence-electron chi connectivity index (χ1n) is 5.21. The molecule has 2 N–H and O–H groups in total. The molecule has 0 saturated carbocycles. The standard InChI is InChI=1S/C10H20O2S/c11-6-4-2-1-3-5-9-7-13-8-10(9)12/h9-12H,1-8H2. The number of hydrogen-bond donors (Lipinski definition) is 2. The second-order valence-electron chi connectivity index (χ2n) is 3.79. The molecule has 1 rings (SSSR count). The quantitative estimate of drug-likeness (QED) is 0.646. The number of hydrogen-bond acceptors (Lipinski definition) is 3. The molecule has 0 aromatic rings. The predicted molar refractivity (Wildman–Crippen MR) is 57.0 cm³/mol. The highest BCUT2D eigenvalue weighted by atomic mass is 32.2. The van der Waals surface area contributed by atoms with E-state index in [1.807, 2.05) is 11.8 Å². The van der Waals surface area contributed by atoms with Gasteiger partial charge in [-0.05, 0) is 24.5 Å². The third-order valence-electron chi connectivity index (χ3n) is 2.65. The average molecular weight is 204 g/mol. The normalized spacial score (nSPS) is 28.2. The molecular weight excluding hydrogens is 184 g/mol. The Morgan fingerprint density at radius 1 is 1.08 bits per heavy atom. The van der Waals surface area contributed by atoms with Crippen molar-refractivity contribution in [1.82, 2.24) is 0 Å². The van der Waals surface area contributed by atoms with Gasteiger partial charge in [0.2, 0.25) is 0 Å². The summed E-state index contributed by atoms with van der Waals surface area (Å²) in [6.07, 6.45) is 5.59. The Hall–Kier alpha value is 0.270. The largest absolute Gasteiger partial charge is 0.396 e. The molecule has 13 heavy (non-hydrogen) atoms. The van der Waals surface area contributed by atoms with Crippen LogP contribution in [0, 0.1) is 5.92 Å². The summed E-state index contributed by atoms with van der Waals surface area (Å²) in [5.74, 6) is 2.61. The highest BCUT2D eigenvalue weighted by molar-refractivity contribution is 7.99. The highest BCUT2D eigenvalue weighted by Gasteiger charge is 2.24. The van der Waals surface area contributed by atoms with Crippen molar-refractivity contribution < 1.29 is 10.2 Å². The fourth-order valence-corrected chi connectivity index (χ4v) is 3.08. The van der Waals surface area contributed by atoms with Crippen molar-refractivity contribution in [3.8, 4) is 0 Å². The molecule has 2 atom stereocenters. The molecule has 0 radical (unpaired) electrons. The lowest BCUT2D eigenvalue weighted by atomic mass is 9.98. The van der Waals surface area contributed by atoms with Crippen LogP contribution in [0.4, 0.5) is 0 Å². The molecule has 0 aromatic carbocycles. The SMILES string of the molecule is OCCCCCCC1CSCC1O. The van der Waals surface area contributed by atoms with Crippen LogP contribution in [-0.4, -0.2) is 34.4 Å². The van der Waals surface area contributed by atoms with E-state index in [1.165, 1.54) is 19.3 Å². The van der Waals surface area contributed by atoms with Gasteiger partial charge in [0.1, 0.15) is 0 Å². The first-order chi connectivity index (χ1) is 6.34. The summed E-state index contributed by atoms with van der Waals surface area (Å²) in [5.41, 5.74) is 0. The second-order valence-corrected chi connectivity index (χ2v) is 4.87. The predicted octanol–water partition coefficient (Wildman–Crippen LogP) is 1.65. The van der Waals surface area contributed by atoms with E-state index in [1.54, 1.807) is 0 Å². The summed E-state index contributed by atoms with van der Waals surface area (Å²) in [5, 5.41) is 18.1. The lowest BCUT2D eigenvalue weighted by Crippen LogP contribution is -2.17. The zero-order valence-corrected chi connectivity index (χ0v) is 8.93. The van der Waals surface area contributed by atoms with Crippen molar-refractivity contribution >= 4 is 11.8 Å². The van der Waals surface area contributed by atoms with Gasteiger partial charge in [0.15, 0.2) is 0 Å². The fraction of sp³-hybridized carbons (Fsp3) is 1.00. The summed E-state index contributed by atoms with van der Waals surface area (Å²) in [6.45, 7) is 0.321. The second kappa shape index (κ2) is 6.68. The van der Waals surface area contributed by atoms with Crippen LogP contribution in [0.25, 0.3) is 0 Å². The monoisotopic (exact) mass is 204 g/mol. The Balaban J connectivity index is 1.93. The van der Waals surface area contributed by atoms with Crippen molar-refractivity contribution in [3.63, 3.8) is 0 Å². The van der Waals surface area contributed by atoms with Gasteiger partial charge in [-0.2, -0.15) is 11.8 Å². The number of aliphatic hydroxyl groups excluding tert-OH is 2. The number of rotatable bonds is 6. The highest BCUT2D eigenvalue weighted by Crippen LogP contribution is 2.28. The van der Waals surface area contributed by atoms with Crippen LogP contribution in [-0.2, 0) is 0 Å². The Kier molecular flexibility index (Phi) is 5.83. The van der Waals surface area contributed by atoms with Crippen LogP contribution < -0.4 is 0 Å². The van der Waals surface area contributed by atoms with E-state index in [9.17, 15) is 5.11 Å². The molecular formula is C10H20O2S. The van der Waals surface area contributed by atoms with Crippen LogP contribution >= 0.6 is 11.8 Å². The smallest absolute Gasteiger partial charge is 0.0666 e. The third-order valence-corrected chi connectivity index (χ3v) is 3.89. The molecule has 1 aliphatic heterocycles. The van der Waals surface area contributed by atoms with Crippen LogP contribution in [0.1, 0.15) is 32.1 Å². The van der Waals surface area contributed by atoms with E-state index >= 15 is 0 Å². The average Bonchev–Trinajstić information content (AvgIpc) is 2.52. The first-order valence-corrected chi connectivity index (χ1v) is 6.36. The van der Waals surface area contributed by atoms with Crippen molar-refractivity contribution in [2.45, 2.75) is 38.2 Å².